The maximum atomic E-state index is 12.2. The Morgan fingerprint density at radius 2 is 1.57 bits per heavy atom. The van der Waals surface area contributed by atoms with E-state index in [1.165, 1.54) is 48.5 Å². The van der Waals surface area contributed by atoms with Gasteiger partial charge in [0.25, 0.3) is 11.7 Å². The monoisotopic (exact) mass is 345 g/mol. The first-order chi connectivity index (χ1) is 10.9. The lowest BCUT2D eigenvalue weighted by Gasteiger charge is -2.08. The number of alkyl halides is 4. The van der Waals surface area contributed by atoms with Crippen LogP contribution >= 0.6 is 11.8 Å². The van der Waals surface area contributed by atoms with Gasteiger partial charge in [-0.05, 0) is 48.5 Å². The number of benzene rings is 2. The average Bonchev–Trinajstić information content (AvgIpc) is 2.49. The Morgan fingerprint density at radius 1 is 0.957 bits per heavy atom. The van der Waals surface area contributed by atoms with Gasteiger partial charge in [0.2, 0.25) is 0 Å². The van der Waals surface area contributed by atoms with Gasteiger partial charge in [-0.1, -0.05) is 11.8 Å². The molecule has 0 aliphatic heterocycles. The molecule has 0 spiro atoms. The van der Waals surface area contributed by atoms with Gasteiger partial charge in [0.05, 0.1) is 0 Å². The second kappa shape index (κ2) is 7.87. The van der Waals surface area contributed by atoms with Crippen LogP contribution < -0.4 is 10.1 Å². The van der Waals surface area contributed by atoms with Crippen molar-refractivity contribution < 1.29 is 27.1 Å². The largest absolute Gasteiger partial charge is 0.435 e. The molecule has 122 valence electrons. The predicted octanol–water partition coefficient (Wildman–Crippen LogP) is 4.86. The van der Waals surface area contributed by atoms with Crippen molar-refractivity contribution in [2.45, 2.75) is 17.3 Å². The van der Waals surface area contributed by atoms with Crippen molar-refractivity contribution in [1.82, 2.24) is 0 Å². The summed E-state index contributed by atoms with van der Waals surface area (Å²) in [7, 11) is 0. The van der Waals surface area contributed by atoms with E-state index in [1.807, 2.05) is 0 Å². The number of hydrogen-bond donors (Lipinski definition) is 1. The number of hydrogen-bond acceptors (Lipinski definition) is 3. The summed E-state index contributed by atoms with van der Waals surface area (Å²) in [4.78, 5) is 12.3. The summed E-state index contributed by atoms with van der Waals surface area (Å²) < 4.78 is 52.7. The molecular weight excluding hydrogens is 334 g/mol. The number of rotatable bonds is 6. The van der Waals surface area contributed by atoms with Gasteiger partial charge in [-0.15, -0.1) is 0 Å². The van der Waals surface area contributed by atoms with E-state index in [-0.39, 0.29) is 11.3 Å². The summed E-state index contributed by atoms with van der Waals surface area (Å²) >= 11 is 0.389. The minimum Gasteiger partial charge on any atom is -0.435 e. The summed E-state index contributed by atoms with van der Waals surface area (Å²) in [5, 5.41) is 2.56. The SMILES string of the molecule is O=C(Nc1ccc(OC(F)F)cc1)c1ccc(SC(F)F)cc1. The lowest BCUT2D eigenvalue weighted by molar-refractivity contribution is -0.0498. The summed E-state index contributed by atoms with van der Waals surface area (Å²) in [6.07, 6.45) is 0. The number of halogens is 4. The fourth-order valence-corrected chi connectivity index (χ4v) is 2.21. The molecule has 8 heteroatoms. The first-order valence-corrected chi connectivity index (χ1v) is 7.23. The van der Waals surface area contributed by atoms with Crippen molar-refractivity contribution in [3.8, 4) is 5.75 Å². The quantitative estimate of drug-likeness (QED) is 0.600. The van der Waals surface area contributed by atoms with Crippen LogP contribution in [-0.4, -0.2) is 18.3 Å². The van der Waals surface area contributed by atoms with Gasteiger partial charge < -0.3 is 10.1 Å². The third-order valence-electron chi connectivity index (χ3n) is 2.68. The Morgan fingerprint density at radius 3 is 2.09 bits per heavy atom. The lowest BCUT2D eigenvalue weighted by atomic mass is 10.2. The zero-order chi connectivity index (χ0) is 16.8. The van der Waals surface area contributed by atoms with Gasteiger partial charge in [-0.25, -0.2) is 0 Å². The molecule has 2 aromatic rings. The van der Waals surface area contributed by atoms with E-state index >= 15 is 0 Å². The zero-order valence-electron chi connectivity index (χ0n) is 11.5. The molecule has 0 radical (unpaired) electrons. The molecule has 1 amide bonds. The standard InChI is InChI=1S/C15H11F4NO2S/c16-14(17)22-11-5-3-10(4-6-11)20-13(21)9-1-7-12(8-2-9)23-15(18)19/h1-8,14-15H,(H,20,21). The minimum atomic E-state index is -2.92. The van der Waals surface area contributed by atoms with Crippen molar-refractivity contribution in [3.63, 3.8) is 0 Å². The number of anilines is 1. The fraction of sp³-hybridized carbons (Fsp3) is 0.133. The topological polar surface area (TPSA) is 38.3 Å². The van der Waals surface area contributed by atoms with Gasteiger partial charge in [-0.3, -0.25) is 4.79 Å². The van der Waals surface area contributed by atoms with Gasteiger partial charge in [0.15, 0.2) is 0 Å². The summed E-state index contributed by atoms with van der Waals surface area (Å²) in [5.74, 6) is -2.99. The van der Waals surface area contributed by atoms with Crippen LogP contribution in [0.25, 0.3) is 0 Å². The van der Waals surface area contributed by atoms with Crippen LogP contribution in [-0.2, 0) is 0 Å². The molecule has 0 unspecified atom stereocenters. The molecule has 2 aromatic carbocycles. The Balaban J connectivity index is 1.98. The van der Waals surface area contributed by atoms with Crippen LogP contribution in [0.1, 0.15) is 10.4 Å². The van der Waals surface area contributed by atoms with Gasteiger partial charge >= 0.3 is 6.61 Å². The van der Waals surface area contributed by atoms with Crippen LogP contribution in [0.4, 0.5) is 23.2 Å². The molecule has 0 heterocycles. The van der Waals surface area contributed by atoms with E-state index in [1.54, 1.807) is 0 Å². The summed E-state index contributed by atoms with van der Waals surface area (Å²) in [6, 6.07) is 11.1. The van der Waals surface area contributed by atoms with E-state index < -0.39 is 18.3 Å². The van der Waals surface area contributed by atoms with Crippen molar-refractivity contribution in [2.75, 3.05) is 5.32 Å². The molecule has 0 fully saturated rings. The van der Waals surface area contributed by atoms with Crippen LogP contribution in [0.2, 0.25) is 0 Å². The van der Waals surface area contributed by atoms with E-state index in [4.69, 9.17) is 0 Å². The van der Waals surface area contributed by atoms with E-state index in [0.717, 1.165) is 0 Å². The predicted molar refractivity (Wildman–Crippen MR) is 79.3 cm³/mol. The maximum absolute atomic E-state index is 12.2. The third-order valence-corrected chi connectivity index (χ3v) is 3.40. The molecule has 23 heavy (non-hydrogen) atoms. The van der Waals surface area contributed by atoms with Crippen LogP contribution in [0.5, 0.6) is 5.75 Å². The number of thioether (sulfide) groups is 1. The number of carbonyl (C=O) groups excluding carboxylic acids is 1. The Labute approximate surface area is 133 Å². The summed E-state index contributed by atoms with van der Waals surface area (Å²) in [6.45, 7) is -2.92. The summed E-state index contributed by atoms with van der Waals surface area (Å²) in [5.41, 5.74) is 0.680. The number of ether oxygens (including phenoxy) is 1. The molecule has 3 nitrogen and oxygen atoms in total. The van der Waals surface area contributed by atoms with E-state index in [0.29, 0.717) is 22.3 Å². The number of nitrogens with one attached hydrogen (secondary N) is 1. The van der Waals surface area contributed by atoms with Crippen LogP contribution in [0.3, 0.4) is 0 Å². The minimum absolute atomic E-state index is 0.0219. The maximum Gasteiger partial charge on any atom is 0.387 e. The highest BCUT2D eigenvalue weighted by molar-refractivity contribution is 7.99. The van der Waals surface area contributed by atoms with Crippen molar-refractivity contribution in [1.29, 1.82) is 0 Å². The highest BCUT2D eigenvalue weighted by Crippen LogP contribution is 2.25. The Hall–Kier alpha value is -2.22. The number of carbonyl (C=O) groups is 1. The first-order valence-electron chi connectivity index (χ1n) is 6.35. The zero-order valence-corrected chi connectivity index (χ0v) is 12.3. The van der Waals surface area contributed by atoms with Gasteiger partial charge in [0, 0.05) is 16.1 Å². The van der Waals surface area contributed by atoms with Gasteiger partial charge in [-0.2, -0.15) is 17.6 Å². The lowest BCUT2D eigenvalue weighted by Crippen LogP contribution is -2.11. The number of amides is 1. The molecule has 0 aliphatic carbocycles. The van der Waals surface area contributed by atoms with E-state index in [2.05, 4.69) is 10.1 Å². The normalized spacial score (nSPS) is 10.9. The molecule has 0 bridgehead atoms. The first kappa shape index (κ1) is 17.1. The Kier molecular flexibility index (Phi) is 5.86. The van der Waals surface area contributed by atoms with Crippen molar-refractivity contribution in [2.24, 2.45) is 0 Å². The molecule has 0 saturated heterocycles. The molecule has 0 saturated carbocycles. The highest BCUT2D eigenvalue weighted by Gasteiger charge is 2.09. The molecular formula is C15H11F4NO2S. The highest BCUT2D eigenvalue weighted by atomic mass is 32.2. The molecule has 0 aliphatic rings. The molecule has 0 aromatic heterocycles. The second-order valence-electron chi connectivity index (χ2n) is 4.26. The Bertz CT molecular complexity index is 648. The van der Waals surface area contributed by atoms with Crippen LogP contribution in [0, 0.1) is 0 Å². The molecule has 0 atom stereocenters. The third kappa shape index (κ3) is 5.48. The smallest absolute Gasteiger partial charge is 0.387 e. The van der Waals surface area contributed by atoms with Crippen molar-refractivity contribution >= 4 is 23.4 Å². The van der Waals surface area contributed by atoms with Gasteiger partial charge in [0.1, 0.15) is 5.75 Å². The van der Waals surface area contributed by atoms with Crippen molar-refractivity contribution in [3.05, 3.63) is 54.1 Å². The second-order valence-corrected chi connectivity index (χ2v) is 5.32. The van der Waals surface area contributed by atoms with Crippen LogP contribution in [0.15, 0.2) is 53.4 Å². The molecule has 2 rings (SSSR count). The average molecular weight is 345 g/mol. The molecule has 1 N–H and O–H groups in total. The van der Waals surface area contributed by atoms with E-state index in [9.17, 15) is 22.4 Å². The fourth-order valence-electron chi connectivity index (χ4n) is 1.71.